The summed E-state index contributed by atoms with van der Waals surface area (Å²) in [5, 5.41) is 3.72. The van der Waals surface area contributed by atoms with Crippen LogP contribution in [-0.2, 0) is 6.54 Å². The number of para-hydroxylation sites is 1. The Hall–Kier alpha value is -1.54. The van der Waals surface area contributed by atoms with Gasteiger partial charge in [-0.25, -0.2) is 0 Å². The van der Waals surface area contributed by atoms with E-state index in [2.05, 4.69) is 40.2 Å². The van der Waals surface area contributed by atoms with Crippen LogP contribution < -0.4 is 10.1 Å². The van der Waals surface area contributed by atoms with Crippen molar-refractivity contribution in [1.82, 2.24) is 15.1 Å². The number of rotatable bonds is 6. The summed E-state index contributed by atoms with van der Waals surface area (Å²) in [5.41, 5.74) is 1.19. The van der Waals surface area contributed by atoms with Gasteiger partial charge in [0, 0.05) is 24.2 Å². The van der Waals surface area contributed by atoms with Gasteiger partial charge in [0.1, 0.15) is 12.4 Å². The predicted octanol–water partition coefficient (Wildman–Crippen LogP) is 2.35. The summed E-state index contributed by atoms with van der Waals surface area (Å²) in [7, 11) is 2.23. The Morgan fingerprint density at radius 3 is 2.56 bits per heavy atom. The van der Waals surface area contributed by atoms with Gasteiger partial charge >= 0.3 is 0 Å². The first-order valence-electron chi connectivity index (χ1n) is 9.56. The van der Waals surface area contributed by atoms with Crippen molar-refractivity contribution in [3.63, 3.8) is 0 Å². The van der Waals surface area contributed by atoms with Crippen LogP contribution >= 0.6 is 0 Å². The lowest BCUT2D eigenvalue weighted by Gasteiger charge is -2.41. The summed E-state index contributed by atoms with van der Waals surface area (Å²) in [6.45, 7) is 6.11. The number of hydrogen-bond donors (Lipinski definition) is 1. The second kappa shape index (κ2) is 9.24. The fourth-order valence-electron chi connectivity index (χ4n) is 3.99. The van der Waals surface area contributed by atoms with Gasteiger partial charge in [0.2, 0.25) is 0 Å². The molecule has 1 aromatic rings. The molecule has 2 saturated heterocycles. The van der Waals surface area contributed by atoms with Crippen LogP contribution in [0.5, 0.6) is 5.75 Å². The third-order valence-corrected chi connectivity index (χ3v) is 5.60. The number of benzene rings is 1. The number of nitrogens with one attached hydrogen (secondary N) is 1. The summed E-state index contributed by atoms with van der Waals surface area (Å²) in [6.07, 6.45) is 10.4. The molecule has 2 fully saturated rings. The zero-order valence-corrected chi connectivity index (χ0v) is 15.4. The number of piperidine rings is 2. The highest BCUT2D eigenvalue weighted by Crippen LogP contribution is 2.22. The number of terminal acetylenes is 1. The average Bonchev–Trinajstić information content (AvgIpc) is 2.66. The van der Waals surface area contributed by atoms with Crippen LogP contribution in [0.4, 0.5) is 0 Å². The molecule has 136 valence electrons. The van der Waals surface area contributed by atoms with Gasteiger partial charge in [-0.2, -0.15) is 0 Å². The first kappa shape index (κ1) is 18.3. The Morgan fingerprint density at radius 2 is 1.84 bits per heavy atom. The van der Waals surface area contributed by atoms with Crippen molar-refractivity contribution in [2.75, 3.05) is 39.8 Å². The normalized spacial score (nSPS) is 21.1. The minimum atomic E-state index is 0.325. The van der Waals surface area contributed by atoms with E-state index in [0.29, 0.717) is 12.6 Å². The third-order valence-electron chi connectivity index (χ3n) is 5.60. The van der Waals surface area contributed by atoms with Gasteiger partial charge in [-0.05, 0) is 65.0 Å². The van der Waals surface area contributed by atoms with E-state index in [0.717, 1.165) is 18.3 Å². The molecule has 1 aromatic carbocycles. The van der Waals surface area contributed by atoms with Crippen LogP contribution in [0.2, 0.25) is 0 Å². The molecule has 0 spiro atoms. The molecule has 2 aliphatic heterocycles. The molecule has 2 heterocycles. The van der Waals surface area contributed by atoms with E-state index in [-0.39, 0.29) is 0 Å². The summed E-state index contributed by atoms with van der Waals surface area (Å²) in [4.78, 5) is 5.17. The minimum Gasteiger partial charge on any atom is -0.481 e. The maximum absolute atomic E-state index is 5.64. The van der Waals surface area contributed by atoms with Crippen LogP contribution in [0.1, 0.15) is 31.2 Å². The molecule has 0 aliphatic carbocycles. The van der Waals surface area contributed by atoms with Crippen molar-refractivity contribution < 1.29 is 4.74 Å². The van der Waals surface area contributed by atoms with Crippen LogP contribution in [0.25, 0.3) is 0 Å². The molecule has 2 aliphatic rings. The van der Waals surface area contributed by atoms with Gasteiger partial charge in [0.25, 0.3) is 0 Å². The van der Waals surface area contributed by atoms with Gasteiger partial charge in [0.15, 0.2) is 0 Å². The van der Waals surface area contributed by atoms with Crippen molar-refractivity contribution in [3.8, 4) is 18.1 Å². The van der Waals surface area contributed by atoms with Gasteiger partial charge in [-0.1, -0.05) is 24.1 Å². The monoisotopic (exact) mass is 341 g/mol. The summed E-state index contributed by atoms with van der Waals surface area (Å²) in [5.74, 6) is 3.44. The molecule has 0 amide bonds. The van der Waals surface area contributed by atoms with Crippen molar-refractivity contribution in [2.45, 2.75) is 44.3 Å². The zero-order chi connectivity index (χ0) is 17.5. The molecule has 4 nitrogen and oxygen atoms in total. The van der Waals surface area contributed by atoms with E-state index in [9.17, 15) is 0 Å². The fourth-order valence-corrected chi connectivity index (χ4v) is 3.99. The van der Waals surface area contributed by atoms with Gasteiger partial charge in [-0.3, -0.25) is 0 Å². The Labute approximate surface area is 152 Å². The third kappa shape index (κ3) is 5.22. The Balaban J connectivity index is 1.43. The molecule has 25 heavy (non-hydrogen) atoms. The largest absolute Gasteiger partial charge is 0.481 e. The van der Waals surface area contributed by atoms with E-state index < -0.39 is 0 Å². The van der Waals surface area contributed by atoms with Crippen molar-refractivity contribution in [2.24, 2.45) is 0 Å². The lowest BCUT2D eigenvalue weighted by molar-refractivity contribution is 0.0920. The van der Waals surface area contributed by atoms with Crippen molar-refractivity contribution in [1.29, 1.82) is 0 Å². The van der Waals surface area contributed by atoms with E-state index >= 15 is 0 Å². The highest BCUT2D eigenvalue weighted by atomic mass is 16.5. The topological polar surface area (TPSA) is 27.7 Å². The maximum atomic E-state index is 5.64. The second-order valence-electron chi connectivity index (χ2n) is 7.33. The lowest BCUT2D eigenvalue weighted by Crippen LogP contribution is -2.49. The Morgan fingerprint density at radius 1 is 1.12 bits per heavy atom. The maximum Gasteiger partial charge on any atom is 0.148 e. The first-order valence-corrected chi connectivity index (χ1v) is 9.56. The molecule has 0 aromatic heterocycles. The summed E-state index contributed by atoms with van der Waals surface area (Å²) < 4.78 is 5.64. The summed E-state index contributed by atoms with van der Waals surface area (Å²) in [6, 6.07) is 9.57. The molecule has 3 rings (SSSR count). The SMILES string of the molecule is C#CCOc1ccccc1CNC1CCN(C2CCN(C)CC2)CC1. The van der Waals surface area contributed by atoms with Crippen molar-refractivity contribution >= 4 is 0 Å². The minimum absolute atomic E-state index is 0.325. The average molecular weight is 341 g/mol. The molecule has 0 unspecified atom stereocenters. The molecule has 4 heteroatoms. The first-order chi connectivity index (χ1) is 12.3. The molecule has 0 atom stereocenters. The van der Waals surface area contributed by atoms with Gasteiger partial charge in [0.05, 0.1) is 0 Å². The van der Waals surface area contributed by atoms with Crippen LogP contribution in [0, 0.1) is 12.3 Å². The van der Waals surface area contributed by atoms with E-state index in [4.69, 9.17) is 11.2 Å². The number of nitrogens with zero attached hydrogens (tertiary/aromatic N) is 2. The lowest BCUT2D eigenvalue weighted by atomic mass is 9.98. The number of hydrogen-bond acceptors (Lipinski definition) is 4. The molecular formula is C21H31N3O. The zero-order valence-electron chi connectivity index (χ0n) is 15.4. The van der Waals surface area contributed by atoms with Gasteiger partial charge < -0.3 is 19.9 Å². The standard InChI is InChI=1S/C21H31N3O/c1-3-16-25-21-7-5-4-6-18(21)17-22-19-8-14-24(15-9-19)20-10-12-23(2)13-11-20/h1,4-7,19-20,22H,8-17H2,2H3. The Kier molecular flexibility index (Phi) is 6.75. The highest BCUT2D eigenvalue weighted by molar-refractivity contribution is 5.33. The van der Waals surface area contributed by atoms with Crippen molar-refractivity contribution in [3.05, 3.63) is 29.8 Å². The molecule has 0 radical (unpaired) electrons. The highest BCUT2D eigenvalue weighted by Gasteiger charge is 2.27. The Bertz CT molecular complexity index is 567. The molecular weight excluding hydrogens is 310 g/mol. The van der Waals surface area contributed by atoms with Crippen LogP contribution in [0.15, 0.2) is 24.3 Å². The van der Waals surface area contributed by atoms with E-state index in [1.165, 1.54) is 57.4 Å². The number of likely N-dealkylation sites (tertiary alicyclic amines) is 2. The van der Waals surface area contributed by atoms with E-state index in [1.54, 1.807) is 0 Å². The quantitative estimate of drug-likeness (QED) is 0.804. The molecule has 0 bridgehead atoms. The second-order valence-corrected chi connectivity index (χ2v) is 7.33. The van der Waals surface area contributed by atoms with E-state index in [1.807, 2.05) is 12.1 Å². The number of ether oxygens (including phenoxy) is 1. The molecule has 1 N–H and O–H groups in total. The predicted molar refractivity (Wildman–Crippen MR) is 103 cm³/mol. The smallest absolute Gasteiger partial charge is 0.148 e. The fraction of sp³-hybridized carbons (Fsp3) is 0.619. The summed E-state index contributed by atoms with van der Waals surface area (Å²) >= 11 is 0. The molecule has 0 saturated carbocycles. The van der Waals surface area contributed by atoms with Crippen LogP contribution in [0.3, 0.4) is 0 Å². The van der Waals surface area contributed by atoms with Gasteiger partial charge in [-0.15, -0.1) is 6.42 Å². The van der Waals surface area contributed by atoms with Crippen LogP contribution in [-0.4, -0.2) is 61.7 Å².